The van der Waals surface area contributed by atoms with Crippen LogP contribution in [0.15, 0.2) is 21.6 Å². The molecule has 1 aliphatic heterocycles. The Morgan fingerprint density at radius 2 is 2.00 bits per heavy atom. The molecule has 1 aromatic heterocycles. The first-order valence-electron chi connectivity index (χ1n) is 4.90. The van der Waals surface area contributed by atoms with Gasteiger partial charge in [-0.25, -0.2) is 8.42 Å². The minimum absolute atomic E-state index is 0.0220. The van der Waals surface area contributed by atoms with E-state index in [1.165, 1.54) is 16.4 Å². The minimum Gasteiger partial charge on any atom is -0.440 e. The number of nitrogens with zero attached hydrogens (tertiary/aromatic N) is 1. The van der Waals surface area contributed by atoms with E-state index in [0.717, 1.165) is 0 Å². The Labute approximate surface area is 93.3 Å². The molecule has 1 saturated heterocycles. The highest BCUT2D eigenvalue weighted by Gasteiger charge is 2.28. The van der Waals surface area contributed by atoms with E-state index in [2.05, 4.69) is 5.32 Å². The monoisotopic (exact) mass is 244 g/mol. The molecule has 16 heavy (non-hydrogen) atoms. The van der Waals surface area contributed by atoms with Crippen LogP contribution in [0.25, 0.3) is 0 Å². The Kier molecular flexibility index (Phi) is 3.08. The fourth-order valence-corrected chi connectivity index (χ4v) is 2.91. The maximum Gasteiger partial charge on any atom is 0.276 e. The van der Waals surface area contributed by atoms with Crippen LogP contribution in [0.3, 0.4) is 0 Å². The summed E-state index contributed by atoms with van der Waals surface area (Å²) in [5.74, 6) is 0.0220. The molecule has 0 radical (unpaired) electrons. The topological polar surface area (TPSA) is 79.6 Å². The molecule has 7 heteroatoms. The minimum atomic E-state index is -3.58. The van der Waals surface area contributed by atoms with Crippen molar-refractivity contribution in [1.29, 1.82) is 0 Å². The molecule has 88 valence electrons. The lowest BCUT2D eigenvalue weighted by atomic mass is 10.4. The van der Waals surface area contributed by atoms with Gasteiger partial charge in [0.15, 0.2) is 12.0 Å². The number of piperazine rings is 1. The van der Waals surface area contributed by atoms with Crippen molar-refractivity contribution < 1.29 is 17.6 Å². The Balaban J connectivity index is 2.26. The van der Waals surface area contributed by atoms with Crippen LogP contribution >= 0.6 is 0 Å². The lowest BCUT2D eigenvalue weighted by Crippen LogP contribution is -2.46. The van der Waals surface area contributed by atoms with Crippen molar-refractivity contribution in [3.8, 4) is 0 Å². The van der Waals surface area contributed by atoms with Crippen LogP contribution in [0.4, 0.5) is 0 Å². The summed E-state index contributed by atoms with van der Waals surface area (Å²) >= 11 is 0. The lowest BCUT2D eigenvalue weighted by molar-refractivity contribution is 0.109. The van der Waals surface area contributed by atoms with Crippen LogP contribution in [-0.4, -0.2) is 45.2 Å². The SMILES string of the molecule is O=Cc1ccc(S(=O)(=O)N2CCNCC2)o1. The van der Waals surface area contributed by atoms with Gasteiger partial charge in [-0.2, -0.15) is 4.31 Å². The average molecular weight is 244 g/mol. The van der Waals surface area contributed by atoms with Crippen LogP contribution in [-0.2, 0) is 10.0 Å². The number of carbonyl (C=O) groups is 1. The van der Waals surface area contributed by atoms with Crippen molar-refractivity contribution >= 4 is 16.3 Å². The number of hydrogen-bond acceptors (Lipinski definition) is 5. The van der Waals surface area contributed by atoms with Gasteiger partial charge in [-0.15, -0.1) is 0 Å². The van der Waals surface area contributed by atoms with Crippen molar-refractivity contribution in [3.63, 3.8) is 0 Å². The summed E-state index contributed by atoms with van der Waals surface area (Å²) in [5.41, 5.74) is 0. The molecule has 2 heterocycles. The summed E-state index contributed by atoms with van der Waals surface area (Å²) in [4.78, 5) is 10.4. The van der Waals surface area contributed by atoms with Gasteiger partial charge in [0.05, 0.1) is 0 Å². The molecule has 0 aromatic carbocycles. The van der Waals surface area contributed by atoms with E-state index in [4.69, 9.17) is 4.42 Å². The first-order chi connectivity index (χ1) is 7.64. The third-order valence-electron chi connectivity index (χ3n) is 2.39. The van der Waals surface area contributed by atoms with Gasteiger partial charge in [0, 0.05) is 26.2 Å². The van der Waals surface area contributed by atoms with Gasteiger partial charge in [0.2, 0.25) is 5.09 Å². The maximum atomic E-state index is 12.0. The second kappa shape index (κ2) is 4.36. The zero-order valence-electron chi connectivity index (χ0n) is 8.55. The van der Waals surface area contributed by atoms with Crippen molar-refractivity contribution in [2.24, 2.45) is 0 Å². The molecule has 0 amide bonds. The van der Waals surface area contributed by atoms with Crippen molar-refractivity contribution in [3.05, 3.63) is 17.9 Å². The zero-order chi connectivity index (χ0) is 11.6. The summed E-state index contributed by atoms with van der Waals surface area (Å²) in [5, 5.41) is 2.89. The van der Waals surface area contributed by atoms with Gasteiger partial charge in [-0.05, 0) is 12.1 Å². The zero-order valence-corrected chi connectivity index (χ0v) is 9.37. The van der Waals surface area contributed by atoms with E-state index in [9.17, 15) is 13.2 Å². The van der Waals surface area contributed by atoms with Gasteiger partial charge in [-0.1, -0.05) is 0 Å². The molecule has 1 fully saturated rings. The predicted molar refractivity (Wildman–Crippen MR) is 55.7 cm³/mol. The summed E-state index contributed by atoms with van der Waals surface area (Å²) < 4.78 is 30.3. The Morgan fingerprint density at radius 3 is 2.56 bits per heavy atom. The normalized spacial score (nSPS) is 18.5. The first kappa shape index (κ1) is 11.3. The second-order valence-corrected chi connectivity index (χ2v) is 5.30. The molecule has 0 saturated carbocycles. The van der Waals surface area contributed by atoms with E-state index in [1.807, 2.05) is 0 Å². The van der Waals surface area contributed by atoms with Gasteiger partial charge in [0.1, 0.15) is 0 Å². The van der Waals surface area contributed by atoms with Crippen LogP contribution < -0.4 is 5.32 Å². The summed E-state index contributed by atoms with van der Waals surface area (Å²) in [7, 11) is -3.58. The maximum absolute atomic E-state index is 12.0. The molecule has 1 N–H and O–H groups in total. The molecular weight excluding hydrogens is 232 g/mol. The number of aldehydes is 1. The van der Waals surface area contributed by atoms with Crippen molar-refractivity contribution in [2.75, 3.05) is 26.2 Å². The number of hydrogen-bond donors (Lipinski definition) is 1. The van der Waals surface area contributed by atoms with E-state index in [1.54, 1.807) is 0 Å². The van der Waals surface area contributed by atoms with Crippen LogP contribution in [0.5, 0.6) is 0 Å². The first-order valence-corrected chi connectivity index (χ1v) is 6.34. The summed E-state index contributed by atoms with van der Waals surface area (Å²) in [6.45, 7) is 2.08. The Bertz CT molecular complexity index is 473. The van der Waals surface area contributed by atoms with Gasteiger partial charge in [0.25, 0.3) is 10.0 Å². The molecule has 0 aliphatic carbocycles. The van der Waals surface area contributed by atoms with E-state index >= 15 is 0 Å². The van der Waals surface area contributed by atoms with Gasteiger partial charge < -0.3 is 9.73 Å². The van der Waals surface area contributed by atoms with E-state index in [-0.39, 0.29) is 10.9 Å². The molecule has 0 bridgehead atoms. The molecule has 1 aliphatic rings. The average Bonchev–Trinajstić information content (AvgIpc) is 2.79. The molecule has 1 aromatic rings. The number of nitrogens with one attached hydrogen (secondary N) is 1. The molecular formula is C9H12N2O4S. The summed E-state index contributed by atoms with van der Waals surface area (Å²) in [6, 6.07) is 2.66. The van der Waals surface area contributed by atoms with Gasteiger partial charge in [-0.3, -0.25) is 4.79 Å². The molecule has 0 spiro atoms. The molecule has 2 rings (SSSR count). The highest BCUT2D eigenvalue weighted by atomic mass is 32.2. The predicted octanol–water partition coefficient (Wildman–Crippen LogP) is -0.314. The number of rotatable bonds is 3. The lowest BCUT2D eigenvalue weighted by Gasteiger charge is -2.25. The molecule has 6 nitrogen and oxygen atoms in total. The van der Waals surface area contributed by atoms with Crippen molar-refractivity contribution in [1.82, 2.24) is 9.62 Å². The smallest absolute Gasteiger partial charge is 0.276 e. The highest BCUT2D eigenvalue weighted by Crippen LogP contribution is 2.18. The number of carbonyl (C=O) groups excluding carboxylic acids is 1. The number of sulfonamides is 1. The standard InChI is InChI=1S/C9H12N2O4S/c12-7-8-1-2-9(15-8)16(13,14)11-5-3-10-4-6-11/h1-2,7,10H,3-6H2. The van der Waals surface area contributed by atoms with E-state index < -0.39 is 10.0 Å². The molecule has 0 unspecified atom stereocenters. The van der Waals surface area contributed by atoms with Gasteiger partial charge >= 0.3 is 0 Å². The Hall–Kier alpha value is -1.18. The largest absolute Gasteiger partial charge is 0.440 e. The quantitative estimate of drug-likeness (QED) is 0.737. The van der Waals surface area contributed by atoms with Crippen LogP contribution in [0.2, 0.25) is 0 Å². The summed E-state index contributed by atoms with van der Waals surface area (Å²) in [6.07, 6.45) is 0.483. The third-order valence-corrected chi connectivity index (χ3v) is 4.16. The highest BCUT2D eigenvalue weighted by molar-refractivity contribution is 7.89. The Morgan fingerprint density at radius 1 is 1.31 bits per heavy atom. The van der Waals surface area contributed by atoms with Crippen molar-refractivity contribution in [2.45, 2.75) is 5.09 Å². The second-order valence-electron chi connectivity index (χ2n) is 3.43. The fraction of sp³-hybridized carbons (Fsp3) is 0.444. The van der Waals surface area contributed by atoms with E-state index in [0.29, 0.717) is 32.5 Å². The third kappa shape index (κ3) is 2.01. The fourth-order valence-electron chi connectivity index (χ4n) is 1.55. The van der Waals surface area contributed by atoms with Crippen LogP contribution in [0, 0.1) is 0 Å². The van der Waals surface area contributed by atoms with Crippen LogP contribution in [0.1, 0.15) is 10.6 Å². The molecule has 0 atom stereocenters. The number of furan rings is 1.